The number of halogens is 3. The van der Waals surface area contributed by atoms with Gasteiger partial charge in [-0.25, -0.2) is 9.97 Å². The lowest BCUT2D eigenvalue weighted by Crippen LogP contribution is -2.14. The Kier molecular flexibility index (Phi) is 4.25. The fourth-order valence-corrected chi connectivity index (χ4v) is 1.59. The van der Waals surface area contributed by atoms with E-state index in [1.165, 1.54) is 13.1 Å². The zero-order valence-corrected chi connectivity index (χ0v) is 11.5. The van der Waals surface area contributed by atoms with Crippen molar-refractivity contribution in [2.45, 2.75) is 19.6 Å². The molecular formula is C13H14F3N5. The molecule has 0 aliphatic heterocycles. The van der Waals surface area contributed by atoms with Gasteiger partial charge in [0.2, 0.25) is 5.82 Å². The molecule has 5 nitrogen and oxygen atoms in total. The minimum atomic E-state index is -4.59. The summed E-state index contributed by atoms with van der Waals surface area (Å²) in [5.41, 5.74) is 1.72. The van der Waals surface area contributed by atoms with Gasteiger partial charge in [0.1, 0.15) is 11.6 Å². The van der Waals surface area contributed by atoms with Crippen molar-refractivity contribution in [3.63, 3.8) is 0 Å². The number of aromatic nitrogens is 3. The summed E-state index contributed by atoms with van der Waals surface area (Å²) in [7, 11) is 1.50. The first kappa shape index (κ1) is 15.0. The second-order valence-corrected chi connectivity index (χ2v) is 4.37. The lowest BCUT2D eigenvalue weighted by Gasteiger charge is -2.11. The van der Waals surface area contributed by atoms with Crippen molar-refractivity contribution in [2.24, 2.45) is 0 Å². The van der Waals surface area contributed by atoms with Crippen LogP contribution in [0.3, 0.4) is 0 Å². The molecule has 2 rings (SSSR count). The maximum absolute atomic E-state index is 12.7. The summed E-state index contributed by atoms with van der Waals surface area (Å²) in [5, 5.41) is 5.42. The summed E-state index contributed by atoms with van der Waals surface area (Å²) < 4.78 is 38.1. The molecule has 0 bridgehead atoms. The fourth-order valence-electron chi connectivity index (χ4n) is 1.59. The van der Waals surface area contributed by atoms with Gasteiger partial charge < -0.3 is 10.6 Å². The molecule has 0 radical (unpaired) electrons. The molecule has 0 atom stereocenters. The average Bonchev–Trinajstić information content (AvgIpc) is 2.45. The number of rotatable bonds is 4. The molecule has 0 aromatic carbocycles. The molecule has 0 saturated heterocycles. The summed E-state index contributed by atoms with van der Waals surface area (Å²) in [6.45, 7) is 2.18. The van der Waals surface area contributed by atoms with Crippen molar-refractivity contribution in [3.8, 4) is 0 Å². The summed E-state index contributed by atoms with van der Waals surface area (Å²) in [4.78, 5) is 11.0. The zero-order valence-electron chi connectivity index (χ0n) is 11.5. The van der Waals surface area contributed by atoms with Gasteiger partial charge >= 0.3 is 6.18 Å². The Bertz CT molecular complexity index is 610. The molecule has 0 fully saturated rings. The summed E-state index contributed by atoms with van der Waals surface area (Å²) in [6, 6.07) is 5.09. The van der Waals surface area contributed by atoms with Gasteiger partial charge in [0.25, 0.3) is 0 Å². The Hall–Kier alpha value is -2.38. The van der Waals surface area contributed by atoms with E-state index in [1.807, 2.05) is 19.1 Å². The van der Waals surface area contributed by atoms with Crippen molar-refractivity contribution in [1.82, 2.24) is 15.0 Å². The van der Waals surface area contributed by atoms with Gasteiger partial charge in [-0.3, -0.25) is 4.98 Å². The van der Waals surface area contributed by atoms with Gasteiger partial charge in [-0.1, -0.05) is 6.07 Å². The van der Waals surface area contributed by atoms with E-state index in [0.717, 1.165) is 11.3 Å². The topological polar surface area (TPSA) is 62.7 Å². The Balaban J connectivity index is 2.17. The lowest BCUT2D eigenvalue weighted by molar-refractivity contribution is -0.144. The second kappa shape index (κ2) is 5.94. The van der Waals surface area contributed by atoms with Gasteiger partial charge in [-0.15, -0.1) is 0 Å². The predicted molar refractivity (Wildman–Crippen MR) is 72.9 cm³/mol. The van der Waals surface area contributed by atoms with Crippen molar-refractivity contribution in [3.05, 3.63) is 41.5 Å². The SMILES string of the molecule is CNc1cc(NCc2ccc(C)nc2)nc(C(F)(F)F)n1. The molecule has 2 N–H and O–H groups in total. The largest absolute Gasteiger partial charge is 0.451 e. The molecule has 0 amide bonds. The van der Waals surface area contributed by atoms with Crippen molar-refractivity contribution >= 4 is 11.6 Å². The van der Waals surface area contributed by atoms with E-state index < -0.39 is 12.0 Å². The predicted octanol–water partition coefficient (Wildman–Crippen LogP) is 2.85. The van der Waals surface area contributed by atoms with E-state index in [0.29, 0.717) is 6.54 Å². The fraction of sp³-hybridized carbons (Fsp3) is 0.308. The molecule has 2 aromatic rings. The zero-order chi connectivity index (χ0) is 15.5. The third kappa shape index (κ3) is 4.04. The number of aryl methyl sites for hydroxylation is 1. The van der Waals surface area contributed by atoms with Crippen LogP contribution >= 0.6 is 0 Å². The molecule has 0 spiro atoms. The normalized spacial score (nSPS) is 11.3. The molecule has 2 aromatic heterocycles. The van der Waals surface area contributed by atoms with Crippen molar-refractivity contribution in [2.75, 3.05) is 17.7 Å². The maximum Gasteiger partial charge on any atom is 0.451 e. The highest BCUT2D eigenvalue weighted by atomic mass is 19.4. The van der Waals surface area contributed by atoms with Gasteiger partial charge in [0.05, 0.1) is 0 Å². The minimum Gasteiger partial charge on any atom is -0.373 e. The van der Waals surface area contributed by atoms with E-state index in [1.54, 1.807) is 6.20 Å². The number of nitrogens with zero attached hydrogens (tertiary/aromatic N) is 3. The Morgan fingerprint density at radius 2 is 1.86 bits per heavy atom. The van der Waals surface area contributed by atoms with Crippen LogP contribution in [0.25, 0.3) is 0 Å². The molecule has 8 heteroatoms. The Morgan fingerprint density at radius 1 is 1.14 bits per heavy atom. The van der Waals surface area contributed by atoms with Crippen LogP contribution in [0, 0.1) is 6.92 Å². The monoisotopic (exact) mass is 297 g/mol. The van der Waals surface area contributed by atoms with E-state index in [9.17, 15) is 13.2 Å². The highest BCUT2D eigenvalue weighted by Gasteiger charge is 2.35. The standard InChI is InChI=1S/C13H14F3N5/c1-8-3-4-9(6-18-8)7-19-11-5-10(17-2)20-12(21-11)13(14,15)16/h3-6H,7H2,1-2H3,(H2,17,19,20,21). The van der Waals surface area contributed by atoms with Crippen LogP contribution < -0.4 is 10.6 Å². The van der Waals surface area contributed by atoms with Crippen LogP contribution in [0.1, 0.15) is 17.1 Å². The highest BCUT2D eigenvalue weighted by Crippen LogP contribution is 2.28. The molecule has 0 aliphatic rings. The van der Waals surface area contributed by atoms with Gasteiger partial charge in [-0.2, -0.15) is 13.2 Å². The number of hydrogen-bond donors (Lipinski definition) is 2. The number of pyridine rings is 1. The Labute approximate surface area is 119 Å². The number of alkyl halides is 3. The number of hydrogen-bond acceptors (Lipinski definition) is 5. The third-order valence-electron chi connectivity index (χ3n) is 2.68. The third-order valence-corrected chi connectivity index (χ3v) is 2.68. The smallest absolute Gasteiger partial charge is 0.373 e. The number of nitrogens with one attached hydrogen (secondary N) is 2. The molecular weight excluding hydrogens is 283 g/mol. The number of anilines is 2. The van der Waals surface area contributed by atoms with Crippen LogP contribution in [0.4, 0.5) is 24.8 Å². The minimum absolute atomic E-state index is 0.0989. The van der Waals surface area contributed by atoms with Crippen LogP contribution in [0.5, 0.6) is 0 Å². The highest BCUT2D eigenvalue weighted by molar-refractivity contribution is 5.47. The van der Waals surface area contributed by atoms with E-state index in [4.69, 9.17) is 0 Å². The van der Waals surface area contributed by atoms with Gasteiger partial charge in [0, 0.05) is 31.5 Å². The molecule has 0 unspecified atom stereocenters. The summed E-state index contributed by atoms with van der Waals surface area (Å²) in [6.07, 6.45) is -2.93. The molecule has 0 aliphatic carbocycles. The van der Waals surface area contributed by atoms with Crippen molar-refractivity contribution < 1.29 is 13.2 Å². The van der Waals surface area contributed by atoms with Crippen molar-refractivity contribution in [1.29, 1.82) is 0 Å². The average molecular weight is 297 g/mol. The first-order valence-electron chi connectivity index (χ1n) is 6.18. The van der Waals surface area contributed by atoms with E-state index in [2.05, 4.69) is 25.6 Å². The molecule has 0 saturated carbocycles. The van der Waals surface area contributed by atoms with Crippen LogP contribution in [0.2, 0.25) is 0 Å². The van der Waals surface area contributed by atoms with E-state index in [-0.39, 0.29) is 11.6 Å². The second-order valence-electron chi connectivity index (χ2n) is 4.37. The van der Waals surface area contributed by atoms with Crippen LogP contribution in [-0.2, 0) is 12.7 Å². The molecule has 112 valence electrons. The Morgan fingerprint density at radius 3 is 2.43 bits per heavy atom. The first-order chi connectivity index (χ1) is 9.88. The van der Waals surface area contributed by atoms with Crippen LogP contribution in [0.15, 0.2) is 24.4 Å². The first-order valence-corrected chi connectivity index (χ1v) is 6.18. The quantitative estimate of drug-likeness (QED) is 0.908. The van der Waals surface area contributed by atoms with Crippen LogP contribution in [-0.4, -0.2) is 22.0 Å². The maximum atomic E-state index is 12.7. The summed E-state index contributed by atoms with van der Waals surface area (Å²) in [5.74, 6) is -0.983. The molecule has 2 heterocycles. The summed E-state index contributed by atoms with van der Waals surface area (Å²) >= 11 is 0. The van der Waals surface area contributed by atoms with Gasteiger partial charge in [0.15, 0.2) is 0 Å². The lowest BCUT2D eigenvalue weighted by atomic mass is 10.2. The van der Waals surface area contributed by atoms with Gasteiger partial charge in [-0.05, 0) is 18.6 Å². The molecule has 21 heavy (non-hydrogen) atoms. The van der Waals surface area contributed by atoms with E-state index >= 15 is 0 Å².